The Hall–Kier alpha value is -0.650. The molecule has 2 rings (SSSR count). The first kappa shape index (κ1) is 13.8. The summed E-state index contributed by atoms with van der Waals surface area (Å²) in [7, 11) is 0. The zero-order valence-corrected chi connectivity index (χ0v) is 12.6. The van der Waals surface area contributed by atoms with Crippen molar-refractivity contribution in [3.8, 4) is 0 Å². The summed E-state index contributed by atoms with van der Waals surface area (Å²) in [4.78, 5) is 12.2. The average molecular weight is 395 g/mol. The van der Waals surface area contributed by atoms with Gasteiger partial charge in [-0.15, -0.1) is 0 Å². The summed E-state index contributed by atoms with van der Waals surface area (Å²) in [6.07, 6.45) is 0. The van der Waals surface area contributed by atoms with Crippen molar-refractivity contribution < 1.29 is 9.18 Å². The van der Waals surface area contributed by atoms with E-state index in [9.17, 15) is 9.18 Å². The van der Waals surface area contributed by atoms with E-state index in [2.05, 4.69) is 22.6 Å². The lowest BCUT2D eigenvalue weighted by Crippen LogP contribution is -2.03. The normalized spacial score (nSPS) is 10.4. The van der Waals surface area contributed by atoms with Crippen LogP contribution in [0.5, 0.6) is 0 Å². The molecule has 0 aromatic heterocycles. The largest absolute Gasteiger partial charge is 0.289 e. The summed E-state index contributed by atoms with van der Waals surface area (Å²) in [5, 5.41) is 0.699. The zero-order valence-electron chi connectivity index (χ0n) is 8.88. The van der Waals surface area contributed by atoms with Gasteiger partial charge in [0.1, 0.15) is 5.82 Å². The summed E-state index contributed by atoms with van der Waals surface area (Å²) in [5.41, 5.74) is 0.516. The molecular formula is C13H6Cl2FIO. The Bertz CT molecular complexity index is 628. The fraction of sp³-hybridized carbons (Fsp3) is 0. The molecule has 0 saturated carbocycles. The van der Waals surface area contributed by atoms with E-state index in [-0.39, 0.29) is 16.4 Å². The molecule has 0 N–H and O–H groups in total. The standard InChI is InChI=1S/C13H6Cl2FIO/c14-10-3-2-8(16)6-9(10)13(18)7-1-4-12(17)11(15)5-7/h1-6H. The average Bonchev–Trinajstić information content (AvgIpc) is 2.35. The van der Waals surface area contributed by atoms with E-state index in [1.165, 1.54) is 12.1 Å². The van der Waals surface area contributed by atoms with Crippen molar-refractivity contribution in [1.29, 1.82) is 0 Å². The first-order chi connectivity index (χ1) is 8.49. The van der Waals surface area contributed by atoms with Gasteiger partial charge in [-0.2, -0.15) is 0 Å². The van der Waals surface area contributed by atoms with Crippen LogP contribution in [-0.4, -0.2) is 5.78 Å². The molecule has 0 unspecified atom stereocenters. The van der Waals surface area contributed by atoms with Gasteiger partial charge in [0.25, 0.3) is 0 Å². The second-order valence-electron chi connectivity index (χ2n) is 3.58. The molecule has 0 heterocycles. The number of hydrogen-bond donors (Lipinski definition) is 0. The number of carbonyl (C=O) groups excluding carboxylic acids is 1. The summed E-state index contributed by atoms with van der Waals surface area (Å²) < 4.78 is 14.0. The zero-order chi connectivity index (χ0) is 13.3. The Balaban J connectivity index is 2.47. The van der Waals surface area contributed by atoms with E-state index in [0.717, 1.165) is 9.64 Å². The Morgan fingerprint density at radius 3 is 2.44 bits per heavy atom. The second-order valence-corrected chi connectivity index (χ2v) is 5.56. The Labute approximate surface area is 127 Å². The van der Waals surface area contributed by atoms with Gasteiger partial charge in [0.15, 0.2) is 5.78 Å². The van der Waals surface area contributed by atoms with Crippen molar-refractivity contribution >= 4 is 51.6 Å². The minimum absolute atomic E-state index is 0.133. The second kappa shape index (κ2) is 5.55. The summed E-state index contributed by atoms with van der Waals surface area (Å²) in [6.45, 7) is 0. The minimum atomic E-state index is -0.501. The van der Waals surface area contributed by atoms with E-state index in [1.54, 1.807) is 18.2 Å². The maximum absolute atomic E-state index is 13.1. The molecule has 92 valence electrons. The first-order valence-corrected chi connectivity index (χ1v) is 6.77. The minimum Gasteiger partial charge on any atom is -0.289 e. The van der Waals surface area contributed by atoms with Crippen LogP contribution in [0.4, 0.5) is 4.39 Å². The third-order valence-electron chi connectivity index (χ3n) is 2.35. The third kappa shape index (κ3) is 2.84. The maximum atomic E-state index is 13.1. The molecule has 0 aliphatic carbocycles. The summed E-state index contributed by atoms with van der Waals surface area (Å²) in [5.74, 6) is -0.850. The molecule has 0 spiro atoms. The number of rotatable bonds is 2. The molecular weight excluding hydrogens is 389 g/mol. The van der Waals surface area contributed by atoms with Gasteiger partial charge in [-0.05, 0) is 59.0 Å². The van der Waals surface area contributed by atoms with Crippen molar-refractivity contribution in [3.05, 3.63) is 67.0 Å². The van der Waals surface area contributed by atoms with Gasteiger partial charge in [0, 0.05) is 14.7 Å². The molecule has 0 atom stereocenters. The molecule has 0 fully saturated rings. The predicted octanol–water partition coefficient (Wildman–Crippen LogP) is 4.97. The van der Waals surface area contributed by atoms with Gasteiger partial charge in [-0.25, -0.2) is 4.39 Å². The molecule has 0 saturated heterocycles. The van der Waals surface area contributed by atoms with Gasteiger partial charge in [0.05, 0.1) is 10.0 Å². The number of halogens is 4. The van der Waals surface area contributed by atoms with Crippen LogP contribution in [0, 0.1) is 9.39 Å². The number of benzene rings is 2. The molecule has 5 heteroatoms. The van der Waals surface area contributed by atoms with Gasteiger partial charge in [0.2, 0.25) is 0 Å². The van der Waals surface area contributed by atoms with E-state index in [4.69, 9.17) is 23.2 Å². The highest BCUT2D eigenvalue weighted by Gasteiger charge is 2.14. The lowest BCUT2D eigenvalue weighted by molar-refractivity contribution is 0.103. The lowest BCUT2D eigenvalue weighted by Gasteiger charge is -2.05. The van der Waals surface area contributed by atoms with Crippen LogP contribution < -0.4 is 0 Å². The maximum Gasteiger partial charge on any atom is 0.194 e. The van der Waals surface area contributed by atoms with Crippen molar-refractivity contribution in [3.63, 3.8) is 0 Å². The van der Waals surface area contributed by atoms with Crippen molar-refractivity contribution in [1.82, 2.24) is 0 Å². The SMILES string of the molecule is O=C(c1ccc(I)c(Cl)c1)c1cc(F)ccc1Cl. The number of hydrogen-bond acceptors (Lipinski definition) is 1. The fourth-order valence-corrected chi connectivity index (χ4v) is 2.18. The van der Waals surface area contributed by atoms with Gasteiger partial charge >= 0.3 is 0 Å². The molecule has 2 aromatic carbocycles. The molecule has 18 heavy (non-hydrogen) atoms. The quantitative estimate of drug-likeness (QED) is 0.519. The van der Waals surface area contributed by atoms with Crippen molar-refractivity contribution in [2.24, 2.45) is 0 Å². The third-order valence-corrected chi connectivity index (χ3v) is 4.26. The van der Waals surface area contributed by atoms with E-state index in [1.807, 2.05) is 0 Å². The lowest BCUT2D eigenvalue weighted by atomic mass is 10.0. The monoisotopic (exact) mass is 394 g/mol. The highest BCUT2D eigenvalue weighted by atomic mass is 127. The first-order valence-electron chi connectivity index (χ1n) is 4.94. The Kier molecular flexibility index (Phi) is 4.25. The Morgan fingerprint density at radius 2 is 1.78 bits per heavy atom. The van der Waals surface area contributed by atoms with Crippen LogP contribution >= 0.6 is 45.8 Å². The van der Waals surface area contributed by atoms with Crippen LogP contribution in [0.25, 0.3) is 0 Å². The van der Waals surface area contributed by atoms with Crippen LogP contribution in [0.2, 0.25) is 10.0 Å². The molecule has 0 amide bonds. The fourth-order valence-electron chi connectivity index (χ4n) is 1.46. The molecule has 2 aromatic rings. The molecule has 0 bridgehead atoms. The van der Waals surface area contributed by atoms with Crippen LogP contribution in [0.15, 0.2) is 36.4 Å². The van der Waals surface area contributed by atoms with Crippen LogP contribution in [0.1, 0.15) is 15.9 Å². The van der Waals surface area contributed by atoms with Crippen molar-refractivity contribution in [2.75, 3.05) is 0 Å². The topological polar surface area (TPSA) is 17.1 Å². The van der Waals surface area contributed by atoms with Crippen molar-refractivity contribution in [2.45, 2.75) is 0 Å². The molecule has 0 radical (unpaired) electrons. The molecule has 0 aliphatic rings. The number of ketones is 1. The van der Waals surface area contributed by atoms with E-state index >= 15 is 0 Å². The predicted molar refractivity (Wildman–Crippen MR) is 79.0 cm³/mol. The van der Waals surface area contributed by atoms with Crippen LogP contribution in [-0.2, 0) is 0 Å². The summed E-state index contributed by atoms with van der Waals surface area (Å²) >= 11 is 13.9. The van der Waals surface area contributed by atoms with Crippen LogP contribution in [0.3, 0.4) is 0 Å². The van der Waals surface area contributed by atoms with Gasteiger partial charge in [-0.3, -0.25) is 4.79 Å². The molecule has 1 nitrogen and oxygen atoms in total. The number of carbonyl (C=O) groups is 1. The Morgan fingerprint density at radius 1 is 1.06 bits per heavy atom. The van der Waals surface area contributed by atoms with E-state index < -0.39 is 5.82 Å². The van der Waals surface area contributed by atoms with Gasteiger partial charge in [-0.1, -0.05) is 23.2 Å². The highest BCUT2D eigenvalue weighted by molar-refractivity contribution is 14.1. The van der Waals surface area contributed by atoms with Gasteiger partial charge < -0.3 is 0 Å². The van der Waals surface area contributed by atoms with E-state index in [0.29, 0.717) is 10.6 Å². The smallest absolute Gasteiger partial charge is 0.194 e. The highest BCUT2D eigenvalue weighted by Crippen LogP contribution is 2.24. The summed E-state index contributed by atoms with van der Waals surface area (Å²) in [6, 6.07) is 8.60. The molecule has 0 aliphatic heterocycles.